The van der Waals surface area contributed by atoms with E-state index in [1.54, 1.807) is 18.2 Å². The van der Waals surface area contributed by atoms with Crippen molar-refractivity contribution in [2.24, 2.45) is 0 Å². The second-order valence-electron chi connectivity index (χ2n) is 9.11. The smallest absolute Gasteiger partial charge is 0.312 e. The van der Waals surface area contributed by atoms with Crippen LogP contribution in [0.15, 0.2) is 64.0 Å². The third-order valence-electron chi connectivity index (χ3n) is 6.67. The van der Waals surface area contributed by atoms with Gasteiger partial charge in [0.25, 0.3) is 0 Å². The molecule has 1 atom stereocenters. The molecule has 1 aromatic heterocycles. The molecule has 0 saturated heterocycles. The molecular weight excluding hydrogens is 460 g/mol. The van der Waals surface area contributed by atoms with Crippen LogP contribution in [0.2, 0.25) is 0 Å². The maximum Gasteiger partial charge on any atom is 0.312 e. The van der Waals surface area contributed by atoms with Gasteiger partial charge in [0.05, 0.1) is 26.2 Å². The number of ether oxygens (including phenoxy) is 3. The summed E-state index contributed by atoms with van der Waals surface area (Å²) in [5.74, 6) is 0.426. The first-order valence-corrected chi connectivity index (χ1v) is 11.7. The Morgan fingerprint density at radius 2 is 1.69 bits per heavy atom. The van der Waals surface area contributed by atoms with Crippen molar-refractivity contribution in [2.75, 3.05) is 14.2 Å². The minimum Gasteiger partial charge on any atom is -0.507 e. The molecule has 5 rings (SSSR count). The van der Waals surface area contributed by atoms with Gasteiger partial charge < -0.3 is 23.7 Å². The average molecular weight is 487 g/mol. The molecule has 0 bridgehead atoms. The van der Waals surface area contributed by atoms with Crippen molar-refractivity contribution < 1.29 is 28.5 Å². The van der Waals surface area contributed by atoms with Crippen molar-refractivity contribution in [1.82, 2.24) is 0 Å². The molecule has 0 radical (unpaired) electrons. The lowest BCUT2D eigenvalue weighted by molar-refractivity contribution is -0.135. The summed E-state index contributed by atoms with van der Waals surface area (Å²) in [6.45, 7) is 4.23. The zero-order valence-corrected chi connectivity index (χ0v) is 20.5. The van der Waals surface area contributed by atoms with E-state index in [1.807, 2.05) is 24.3 Å². The molecular formula is C29H26O7. The molecule has 4 aromatic rings. The van der Waals surface area contributed by atoms with Crippen LogP contribution in [-0.4, -0.2) is 25.3 Å². The molecule has 3 aromatic carbocycles. The standard InChI is InChI=1S/C29H26O7/c1-15(2)16-5-7-17(8-6-16)19-12-25(31)36-24-13-21(30)27-28(32)20(14-35-29(27)26(19)24)18-9-10-22(33-3)23(11-18)34-4/h5-11,13-15,19,30H,12H2,1-4H3/t19-/m1/s1. The molecule has 0 amide bonds. The number of rotatable bonds is 5. The van der Waals surface area contributed by atoms with Crippen LogP contribution >= 0.6 is 0 Å². The number of methoxy groups -OCH3 is 2. The lowest BCUT2D eigenvalue weighted by Crippen LogP contribution is -2.22. The Hall–Kier alpha value is -4.26. The Balaban J connectivity index is 1.70. The highest BCUT2D eigenvalue weighted by Crippen LogP contribution is 2.46. The third-order valence-corrected chi connectivity index (χ3v) is 6.67. The van der Waals surface area contributed by atoms with E-state index in [1.165, 1.54) is 32.1 Å². The SMILES string of the molecule is COc1ccc(-c2coc3c4c(cc(O)c3c2=O)OC(=O)C[C@@H]4c2ccc(C(C)C)cc2)cc1OC. The minimum absolute atomic E-state index is 0.0304. The van der Waals surface area contributed by atoms with Gasteiger partial charge >= 0.3 is 5.97 Å². The molecule has 0 unspecified atom stereocenters. The van der Waals surface area contributed by atoms with Crippen LogP contribution in [0.1, 0.15) is 48.8 Å². The molecule has 0 spiro atoms. The summed E-state index contributed by atoms with van der Waals surface area (Å²) in [7, 11) is 3.04. The van der Waals surface area contributed by atoms with E-state index in [2.05, 4.69) is 13.8 Å². The van der Waals surface area contributed by atoms with Gasteiger partial charge in [0.2, 0.25) is 5.43 Å². The summed E-state index contributed by atoms with van der Waals surface area (Å²) < 4.78 is 22.1. The second kappa shape index (κ2) is 9.07. The highest BCUT2D eigenvalue weighted by molar-refractivity contribution is 5.94. The minimum atomic E-state index is -0.413. The first-order chi connectivity index (χ1) is 17.3. The largest absolute Gasteiger partial charge is 0.507 e. The molecule has 1 aliphatic rings. The average Bonchev–Trinajstić information content (AvgIpc) is 2.87. The van der Waals surface area contributed by atoms with Gasteiger partial charge in [0.15, 0.2) is 11.5 Å². The molecule has 2 heterocycles. The lowest BCUT2D eigenvalue weighted by atomic mass is 9.84. The van der Waals surface area contributed by atoms with Gasteiger partial charge in [-0.2, -0.15) is 0 Å². The van der Waals surface area contributed by atoms with Gasteiger partial charge in [-0.15, -0.1) is 0 Å². The fourth-order valence-corrected chi connectivity index (χ4v) is 4.73. The zero-order chi connectivity index (χ0) is 25.6. The zero-order valence-electron chi connectivity index (χ0n) is 20.5. The molecule has 1 N–H and O–H groups in total. The van der Waals surface area contributed by atoms with E-state index in [0.29, 0.717) is 28.5 Å². The van der Waals surface area contributed by atoms with Gasteiger partial charge in [0.1, 0.15) is 28.7 Å². The number of phenols is 1. The monoisotopic (exact) mass is 486 g/mol. The highest BCUT2D eigenvalue weighted by atomic mass is 16.5. The van der Waals surface area contributed by atoms with Crippen LogP contribution in [0.3, 0.4) is 0 Å². The topological polar surface area (TPSA) is 95.2 Å². The maximum absolute atomic E-state index is 13.6. The summed E-state index contributed by atoms with van der Waals surface area (Å²) in [5.41, 5.74) is 3.24. The van der Waals surface area contributed by atoms with Crippen LogP contribution in [0.4, 0.5) is 0 Å². The number of hydrogen-bond acceptors (Lipinski definition) is 7. The van der Waals surface area contributed by atoms with Crippen LogP contribution in [0.25, 0.3) is 22.1 Å². The summed E-state index contributed by atoms with van der Waals surface area (Å²) in [6.07, 6.45) is 1.45. The van der Waals surface area contributed by atoms with E-state index in [-0.39, 0.29) is 40.4 Å². The number of carbonyl (C=O) groups is 1. The number of carbonyl (C=O) groups excluding carboxylic acids is 1. The number of esters is 1. The normalized spacial score (nSPS) is 15.0. The molecule has 36 heavy (non-hydrogen) atoms. The van der Waals surface area contributed by atoms with Gasteiger partial charge in [-0.25, -0.2) is 0 Å². The van der Waals surface area contributed by atoms with Crippen molar-refractivity contribution in [2.45, 2.75) is 32.1 Å². The summed E-state index contributed by atoms with van der Waals surface area (Å²) >= 11 is 0. The Morgan fingerprint density at radius 1 is 0.972 bits per heavy atom. The Bertz CT molecular complexity index is 1530. The van der Waals surface area contributed by atoms with Crippen molar-refractivity contribution in [3.8, 4) is 34.1 Å². The van der Waals surface area contributed by atoms with Crippen LogP contribution < -0.4 is 19.6 Å². The predicted octanol–water partition coefficient (Wildman–Crippen LogP) is 5.75. The molecule has 0 saturated carbocycles. The van der Waals surface area contributed by atoms with E-state index >= 15 is 0 Å². The van der Waals surface area contributed by atoms with Crippen molar-refractivity contribution in [3.05, 3.63) is 81.7 Å². The Labute approximate surface area is 207 Å². The molecule has 0 aliphatic carbocycles. The summed E-state index contributed by atoms with van der Waals surface area (Å²) in [6, 6.07) is 14.4. The first kappa shape index (κ1) is 23.5. The highest BCUT2D eigenvalue weighted by Gasteiger charge is 2.33. The van der Waals surface area contributed by atoms with Gasteiger partial charge in [0, 0.05) is 17.5 Å². The van der Waals surface area contributed by atoms with Crippen LogP contribution in [-0.2, 0) is 4.79 Å². The van der Waals surface area contributed by atoms with Crippen molar-refractivity contribution in [3.63, 3.8) is 0 Å². The number of hydrogen-bond donors (Lipinski definition) is 1. The maximum atomic E-state index is 13.6. The summed E-state index contributed by atoms with van der Waals surface area (Å²) in [5, 5.41) is 10.8. The van der Waals surface area contributed by atoms with Gasteiger partial charge in [-0.3, -0.25) is 9.59 Å². The first-order valence-electron chi connectivity index (χ1n) is 11.7. The van der Waals surface area contributed by atoms with Crippen LogP contribution in [0, 0.1) is 0 Å². The van der Waals surface area contributed by atoms with Crippen molar-refractivity contribution >= 4 is 16.9 Å². The van der Waals surface area contributed by atoms with Gasteiger partial charge in [-0.1, -0.05) is 44.2 Å². The predicted molar refractivity (Wildman–Crippen MR) is 135 cm³/mol. The van der Waals surface area contributed by atoms with E-state index in [9.17, 15) is 14.7 Å². The fraction of sp³-hybridized carbons (Fsp3) is 0.241. The number of aromatic hydroxyl groups is 1. The van der Waals surface area contributed by atoms with Crippen molar-refractivity contribution in [1.29, 1.82) is 0 Å². The number of benzene rings is 3. The quantitative estimate of drug-likeness (QED) is 0.284. The number of phenolic OH excluding ortho intramolecular Hbond substituents is 1. The molecule has 1 aliphatic heterocycles. The molecule has 7 nitrogen and oxygen atoms in total. The van der Waals surface area contributed by atoms with Gasteiger partial charge in [-0.05, 0) is 34.7 Å². The lowest BCUT2D eigenvalue weighted by Gasteiger charge is -2.26. The van der Waals surface area contributed by atoms with Crippen LogP contribution in [0.5, 0.6) is 23.0 Å². The molecule has 7 heteroatoms. The second-order valence-corrected chi connectivity index (χ2v) is 9.11. The Morgan fingerprint density at radius 3 is 2.36 bits per heavy atom. The summed E-state index contributed by atoms with van der Waals surface area (Å²) in [4.78, 5) is 26.0. The Kier molecular flexibility index (Phi) is 5.92. The number of fused-ring (bicyclic) bond motifs is 3. The third kappa shape index (κ3) is 3.86. The van der Waals surface area contributed by atoms with E-state index in [4.69, 9.17) is 18.6 Å². The van der Waals surface area contributed by atoms with E-state index < -0.39 is 11.4 Å². The fourth-order valence-electron chi connectivity index (χ4n) is 4.73. The molecule has 184 valence electrons. The van der Waals surface area contributed by atoms with E-state index in [0.717, 1.165) is 5.56 Å². The molecule has 0 fully saturated rings.